The van der Waals surface area contributed by atoms with Crippen LogP contribution in [0, 0.1) is 13.8 Å². The number of alkyl carbamates (subject to hydrolysis) is 1. The number of nitrogens with two attached hydrogens (primary N) is 1. The van der Waals surface area contributed by atoms with Crippen LogP contribution in [0.25, 0.3) is 0 Å². The van der Waals surface area contributed by atoms with Gasteiger partial charge in [-0.3, -0.25) is 13.6 Å². The summed E-state index contributed by atoms with van der Waals surface area (Å²) in [6.07, 6.45) is 9.58. The number of aliphatic hydroxyl groups excluding tert-OH is 1. The summed E-state index contributed by atoms with van der Waals surface area (Å²) in [7, 11) is -2.00. The third kappa shape index (κ3) is 51.9. The standard InChI is InChI=1S/C16H23NO3.C11H15NO.C9H18O3.C8H6Br4.C8H7Br3.C8H6Br2.C8H7Br.C8H6I2.C8H8.C8H10.2CH3F.3CH4.3HI.3Na/c1-16(2,3)20-15(18)17-9-6-10-19-14-11-12-7-4-5-8-13(12)14;12-6-3-7-13-11-8-9-4-1-2-5-10(9)11;1-9(2,3)12-8(11)6-4-5-7-10;9-7(10)5-3-1-2-4-6(5)8(11)12;9-5-6-3-1-2-4-7(6)8(10)11;9-7-5-3-1-2-4-6(5)8(7)10;9-8-5-6-3-1-2-4-7(6)8;9-7-5-3-1-2-4-6(5)8(7)10;1-2-4-8-6-5-7(8)3-1;1-7-5-3-4-6-8(7)2;2*1-2;;;;;;;;;/h4-5,7-8,14H,6,9-11H2,1-3H3,(H,17,18);1-2,4-5,11H,3,6-8,12H2;10H,4-7H2,1-3H3;1-4,7-8H;1-4,8H,5H2;1-4,7-8H;1-4,8H,5H2;1-4,7-8H;1-4H,5-6H2;3-6H,1-2H3;2*1H3;3*1H4;3*1H;;;/q;;;;;;;;;;;;;;;;;;3*+1/p-3/i;;;;;;;;;;2*1D;;;;;;;;;. The summed E-state index contributed by atoms with van der Waals surface area (Å²) in [5.41, 5.74) is 29.8. The van der Waals surface area contributed by atoms with E-state index in [4.69, 9.17) is 32.5 Å². The first kappa shape index (κ1) is 135. The number of carbonyl (C=O) groups is 2. The summed E-state index contributed by atoms with van der Waals surface area (Å²) in [6.45, 7) is 18.2. The molecule has 0 aliphatic heterocycles. The van der Waals surface area contributed by atoms with Gasteiger partial charge in [-0.1, -0.05) is 445 Å². The number of amides is 1. The molecular weight excluding hydrogens is 2850 g/mol. The Balaban J connectivity index is -0.000000321. The van der Waals surface area contributed by atoms with E-state index < -0.39 is 25.5 Å². The van der Waals surface area contributed by atoms with E-state index in [9.17, 15) is 18.4 Å². The van der Waals surface area contributed by atoms with Gasteiger partial charge in [0, 0.05) is 55.8 Å². The summed E-state index contributed by atoms with van der Waals surface area (Å²) < 4.78 is 54.8. The first-order valence-electron chi connectivity index (χ1n) is 39.9. The number of aryl methyl sites for hydroxylation is 4. The largest absolute Gasteiger partial charge is 1.00 e. The van der Waals surface area contributed by atoms with E-state index in [1.807, 2.05) is 71.9 Å². The molecule has 6 aliphatic carbocycles. The molecule has 0 fully saturated rings. The van der Waals surface area contributed by atoms with Gasteiger partial charge in [0.1, 0.15) is 11.2 Å². The molecule has 0 saturated heterocycles. The minimum Gasteiger partial charge on any atom is -1.00 e. The number of fused-ring (bicyclic) bond motifs is 6. The van der Waals surface area contributed by atoms with Gasteiger partial charge in [-0.25, -0.2) is 4.79 Å². The number of nitrogens with one attached hydrogen (secondary N) is 1. The summed E-state index contributed by atoms with van der Waals surface area (Å²) in [5.74, 6) is -0.184. The number of rotatable bonds is 17. The monoisotopic (exact) mass is 2960 g/mol. The van der Waals surface area contributed by atoms with E-state index in [1.54, 1.807) is 11.1 Å². The first-order valence-corrected chi connectivity index (χ1v) is 50.4. The Morgan fingerprint density at radius 3 is 1.11 bits per heavy atom. The van der Waals surface area contributed by atoms with Gasteiger partial charge in [-0.2, -0.15) is 0 Å². The van der Waals surface area contributed by atoms with Crippen molar-refractivity contribution in [2.45, 2.75) is 204 Å². The van der Waals surface area contributed by atoms with Crippen molar-refractivity contribution < 1.29 is 206 Å². The Morgan fingerprint density at radius 1 is 0.476 bits per heavy atom. The number of benzene rings is 9. The molecule has 9 aromatic rings. The zero-order valence-corrected chi connectivity index (χ0v) is 104. The van der Waals surface area contributed by atoms with E-state index in [-0.39, 0.29) is 219 Å². The second kappa shape index (κ2) is 78.6. The second-order valence-electron chi connectivity index (χ2n) is 29.2. The van der Waals surface area contributed by atoms with Crippen molar-refractivity contribution in [1.29, 1.82) is 0 Å². The third-order valence-corrected chi connectivity index (χ3v) is 29.7. The van der Waals surface area contributed by atoms with Gasteiger partial charge < -0.3 is 107 Å². The van der Waals surface area contributed by atoms with Crippen molar-refractivity contribution in [2.24, 2.45) is 5.73 Å². The summed E-state index contributed by atoms with van der Waals surface area (Å²) >= 11 is 40.0. The maximum Gasteiger partial charge on any atom is 1.00 e. The molecule has 4 N–H and O–H groups in total. The first-order chi connectivity index (χ1) is 56.8. The second-order valence-corrected chi connectivity index (χ2v) is 44.7. The fourth-order valence-corrected chi connectivity index (χ4v) is 19.0. The summed E-state index contributed by atoms with van der Waals surface area (Å²) in [4.78, 5) is 24.1. The molecule has 0 bridgehead atoms. The van der Waals surface area contributed by atoms with Gasteiger partial charge in [0.15, 0.2) is 0 Å². The number of hydrogen-bond donors (Lipinski definition) is 3. The maximum atomic E-state index is 11.4. The molecule has 0 saturated carbocycles. The van der Waals surface area contributed by atoms with Gasteiger partial charge in [0.05, 0.1) is 58.0 Å². The number of hydrogen-bond acceptors (Lipinski definition) is 8. The summed E-state index contributed by atoms with van der Waals surface area (Å²) in [5, 5.41) is 12.1. The molecule has 1 amide bonds. The van der Waals surface area contributed by atoms with Crippen LogP contribution in [-0.4, -0.2) is 75.6 Å². The van der Waals surface area contributed by atoms with E-state index >= 15 is 0 Å². The van der Waals surface area contributed by atoms with Crippen LogP contribution in [-0.2, 0) is 61.2 Å². The molecule has 29 heteroatoms. The van der Waals surface area contributed by atoms with Crippen molar-refractivity contribution in [2.75, 3.05) is 47.2 Å². The Hall–Kier alpha value is 2.87. The minimum absolute atomic E-state index is 0. The smallest absolute Gasteiger partial charge is 1.00 e. The molecule has 126 heavy (non-hydrogen) atoms. The van der Waals surface area contributed by atoms with Crippen molar-refractivity contribution >= 4 is 217 Å². The molecule has 0 aromatic heterocycles. The van der Waals surface area contributed by atoms with Gasteiger partial charge in [-0.15, -0.1) is 0 Å². The number of unbranched alkanes of at least 4 members (excludes halogenated alkanes) is 1. The molecule has 15 rings (SSSR count). The van der Waals surface area contributed by atoms with Crippen LogP contribution >= 0.6 is 204 Å². The topological polar surface area (TPSA) is 129 Å². The zero-order valence-electron chi connectivity index (χ0n) is 73.7. The van der Waals surface area contributed by atoms with Crippen LogP contribution in [0.4, 0.5) is 13.6 Å². The quantitative estimate of drug-likeness (QED) is 0.0270. The zero-order chi connectivity index (χ0) is 88.0. The predicted octanol–water partition coefficient (Wildman–Crippen LogP) is 15.1. The van der Waals surface area contributed by atoms with Gasteiger partial charge in [-0.05, 0) is 207 Å². The molecule has 0 spiro atoms. The van der Waals surface area contributed by atoms with Crippen molar-refractivity contribution in [3.8, 4) is 0 Å². The van der Waals surface area contributed by atoms with E-state index in [0.29, 0.717) is 59.5 Å². The molecule has 9 aromatic carbocycles. The van der Waals surface area contributed by atoms with Crippen LogP contribution in [0.1, 0.15) is 245 Å². The fourth-order valence-electron chi connectivity index (χ4n) is 11.8. The number of aliphatic hydroxyl groups is 1. The van der Waals surface area contributed by atoms with Crippen LogP contribution < -0.4 is 172 Å². The Bertz CT molecular complexity index is 4200. The van der Waals surface area contributed by atoms with E-state index in [0.717, 1.165) is 45.5 Å². The predicted molar refractivity (Wildman–Crippen MR) is 560 cm³/mol. The van der Waals surface area contributed by atoms with Gasteiger partial charge >= 0.3 is 101 Å². The summed E-state index contributed by atoms with van der Waals surface area (Å²) in [6, 6.07) is 76.0. The van der Waals surface area contributed by atoms with Crippen molar-refractivity contribution in [3.05, 3.63) is 319 Å². The van der Waals surface area contributed by atoms with Gasteiger partial charge in [0.2, 0.25) is 0 Å². The van der Waals surface area contributed by atoms with E-state index in [2.05, 4.69) is 412 Å². The minimum atomic E-state index is -1.00. The molecule has 9 nitrogen and oxygen atoms in total. The average molecular weight is 2970 g/mol. The molecule has 0 radical (unpaired) electrons. The van der Waals surface area contributed by atoms with Crippen molar-refractivity contribution in [1.82, 2.24) is 5.32 Å². The molecule has 6 aliphatic rings. The van der Waals surface area contributed by atoms with Crippen LogP contribution in [0.15, 0.2) is 218 Å². The van der Waals surface area contributed by atoms with Gasteiger partial charge in [0.25, 0.3) is 0 Å². The SMILES string of the molecule is BrC(Br)c1ccccc1C(Br)Br.BrC1Cc2ccccc21.BrC1c2ccccc2C1Br.BrCc1ccccc1C(Br)Br.C.C.C.CC(C)(C)OC(=O)CCCCO.CC(C)(C)OC(=O)NCCCOC1Cc2ccccc21.Cc1ccccc1C.IC1c2ccccc2C1I.NCCCOC1Cc2ccccc21.[2H]CF.[2H]CF.[I-].[I-].[I-].[Na+].[Na+].[Na+].c1ccc2c(c1)CC2. The van der Waals surface area contributed by atoms with E-state index in [1.165, 1.54) is 108 Å². The normalized spacial score (nSPS) is 15.8. The Labute approximate surface area is 987 Å². The molecule has 7 atom stereocenters. The molecule has 686 valence electrons. The maximum absolute atomic E-state index is 11.4. The number of ether oxygens (including phenoxy) is 4. The van der Waals surface area contributed by atoms with Crippen LogP contribution in [0.5, 0.6) is 0 Å². The Morgan fingerprint density at radius 2 is 0.802 bits per heavy atom. The number of carbonyl (C=O) groups excluding carboxylic acids is 2. The van der Waals surface area contributed by atoms with Crippen LogP contribution in [0.2, 0.25) is 0 Å². The fraction of sp³-hybridized carbons (Fsp3) is 0.423. The number of esters is 1. The molecule has 0 heterocycles. The van der Waals surface area contributed by atoms with Crippen molar-refractivity contribution in [3.63, 3.8) is 0 Å². The molecule has 7 unspecified atom stereocenters. The average Bonchev–Trinajstić information content (AvgIpc) is 0.809. The number of alkyl halides is 14. The van der Waals surface area contributed by atoms with Crippen LogP contribution in [0.3, 0.4) is 0 Å². The molecular formula is C97H124Br10F2I5N2Na3O7. The Kier molecular flexibility index (Phi) is 84.2. The number of halogens is 17. The third-order valence-electron chi connectivity index (χ3n) is 18.4.